The maximum atomic E-state index is 13.6. The number of halogens is 5. The predicted octanol–water partition coefficient (Wildman–Crippen LogP) is 2.91. The van der Waals surface area contributed by atoms with Crippen molar-refractivity contribution in [3.05, 3.63) is 35.1 Å². The van der Waals surface area contributed by atoms with E-state index in [0.29, 0.717) is 6.07 Å². The Bertz CT molecular complexity index is 412. The van der Waals surface area contributed by atoms with Crippen molar-refractivity contribution < 1.29 is 13.2 Å². The quantitative estimate of drug-likeness (QED) is 0.844. The van der Waals surface area contributed by atoms with Gasteiger partial charge in [-0.05, 0) is 13.0 Å². The molecule has 0 spiro atoms. The van der Waals surface area contributed by atoms with E-state index < -0.39 is 17.5 Å². The van der Waals surface area contributed by atoms with Crippen LogP contribution in [0.1, 0.15) is 18.5 Å². The molecule has 1 atom stereocenters. The molecule has 1 fully saturated rings. The van der Waals surface area contributed by atoms with Crippen LogP contribution < -0.4 is 5.32 Å². The summed E-state index contributed by atoms with van der Waals surface area (Å²) in [6, 6.07) is 1.33. The van der Waals surface area contributed by atoms with E-state index in [-0.39, 0.29) is 36.4 Å². The topological polar surface area (TPSA) is 15.3 Å². The van der Waals surface area contributed by atoms with Gasteiger partial charge in [0.25, 0.3) is 0 Å². The van der Waals surface area contributed by atoms with Crippen LogP contribution in [0.15, 0.2) is 12.1 Å². The van der Waals surface area contributed by atoms with Crippen LogP contribution in [0.5, 0.6) is 0 Å². The second kappa shape index (κ2) is 7.94. The molecule has 1 aromatic rings. The van der Waals surface area contributed by atoms with Crippen molar-refractivity contribution in [3.63, 3.8) is 0 Å². The summed E-state index contributed by atoms with van der Waals surface area (Å²) in [6.07, 6.45) is 0. The number of piperazine rings is 1. The molecular formula is C12H17Cl2F3N2. The second-order valence-corrected chi connectivity index (χ2v) is 4.25. The van der Waals surface area contributed by atoms with E-state index in [1.165, 1.54) is 0 Å². The van der Waals surface area contributed by atoms with Gasteiger partial charge >= 0.3 is 0 Å². The van der Waals surface area contributed by atoms with Crippen molar-refractivity contribution in [2.24, 2.45) is 0 Å². The number of hydrogen-bond acceptors (Lipinski definition) is 2. The summed E-state index contributed by atoms with van der Waals surface area (Å²) in [6.45, 7) is 4.88. The zero-order valence-electron chi connectivity index (χ0n) is 10.5. The highest BCUT2D eigenvalue weighted by Crippen LogP contribution is 2.25. The van der Waals surface area contributed by atoms with Crippen LogP contribution in [0.25, 0.3) is 0 Å². The smallest absolute Gasteiger partial charge is 0.163 e. The van der Waals surface area contributed by atoms with Crippen LogP contribution >= 0.6 is 24.8 Å². The summed E-state index contributed by atoms with van der Waals surface area (Å²) in [7, 11) is 0. The Kier molecular flexibility index (Phi) is 7.74. The maximum absolute atomic E-state index is 13.6. The zero-order valence-corrected chi connectivity index (χ0v) is 12.1. The summed E-state index contributed by atoms with van der Waals surface area (Å²) in [5.74, 6) is -2.81. The molecule has 0 unspecified atom stereocenters. The molecule has 0 bridgehead atoms. The van der Waals surface area contributed by atoms with E-state index in [1.54, 1.807) is 6.92 Å². The van der Waals surface area contributed by atoms with Crippen molar-refractivity contribution in [2.75, 3.05) is 26.2 Å². The Hall–Kier alpha value is -0.490. The van der Waals surface area contributed by atoms with Gasteiger partial charge in [0.1, 0.15) is 5.82 Å². The van der Waals surface area contributed by atoms with Gasteiger partial charge in [-0.1, -0.05) is 0 Å². The fourth-order valence-corrected chi connectivity index (χ4v) is 2.15. The van der Waals surface area contributed by atoms with Crippen molar-refractivity contribution in [3.8, 4) is 0 Å². The molecule has 0 aliphatic carbocycles. The van der Waals surface area contributed by atoms with E-state index >= 15 is 0 Å². The van der Waals surface area contributed by atoms with Gasteiger partial charge in [-0.3, -0.25) is 4.90 Å². The fourth-order valence-electron chi connectivity index (χ4n) is 2.15. The molecule has 0 saturated carbocycles. The first-order valence-electron chi connectivity index (χ1n) is 5.69. The van der Waals surface area contributed by atoms with Crippen molar-refractivity contribution in [1.82, 2.24) is 10.2 Å². The summed E-state index contributed by atoms with van der Waals surface area (Å²) in [5.41, 5.74) is 0.0874. The minimum Gasteiger partial charge on any atom is -0.314 e. The third-order valence-electron chi connectivity index (χ3n) is 3.17. The van der Waals surface area contributed by atoms with E-state index in [4.69, 9.17) is 0 Å². The molecule has 2 rings (SSSR count). The minimum atomic E-state index is -1.12. The molecule has 19 heavy (non-hydrogen) atoms. The number of benzene rings is 1. The molecule has 1 aromatic carbocycles. The second-order valence-electron chi connectivity index (χ2n) is 4.25. The highest BCUT2D eigenvalue weighted by atomic mass is 35.5. The van der Waals surface area contributed by atoms with Crippen LogP contribution in [0.3, 0.4) is 0 Å². The Morgan fingerprint density at radius 2 is 1.68 bits per heavy atom. The molecule has 1 aliphatic heterocycles. The molecular weight excluding hydrogens is 300 g/mol. The third kappa shape index (κ3) is 4.24. The first-order valence-corrected chi connectivity index (χ1v) is 5.69. The Labute approximate surface area is 123 Å². The fraction of sp³-hybridized carbons (Fsp3) is 0.500. The van der Waals surface area contributed by atoms with E-state index in [9.17, 15) is 13.2 Å². The van der Waals surface area contributed by atoms with Crippen LogP contribution in [-0.2, 0) is 0 Å². The van der Waals surface area contributed by atoms with Gasteiger partial charge in [0.2, 0.25) is 0 Å². The largest absolute Gasteiger partial charge is 0.314 e. The first-order chi connectivity index (χ1) is 8.09. The molecule has 0 amide bonds. The summed E-state index contributed by atoms with van der Waals surface area (Å²) < 4.78 is 39.8. The van der Waals surface area contributed by atoms with Crippen molar-refractivity contribution in [1.29, 1.82) is 0 Å². The van der Waals surface area contributed by atoms with Gasteiger partial charge in [-0.15, -0.1) is 24.8 Å². The Morgan fingerprint density at radius 1 is 1.11 bits per heavy atom. The van der Waals surface area contributed by atoms with E-state index in [0.717, 1.165) is 32.2 Å². The zero-order chi connectivity index (χ0) is 12.4. The Balaban J connectivity index is 0.00000162. The number of hydrogen-bond donors (Lipinski definition) is 1. The minimum absolute atomic E-state index is 0. The lowest BCUT2D eigenvalue weighted by Gasteiger charge is -2.33. The van der Waals surface area contributed by atoms with Crippen LogP contribution in [-0.4, -0.2) is 31.1 Å². The molecule has 0 radical (unpaired) electrons. The molecule has 1 saturated heterocycles. The SMILES string of the molecule is C[C@H](c1cc(F)cc(F)c1F)N1CCNCC1.Cl.Cl. The van der Waals surface area contributed by atoms with Crippen molar-refractivity contribution >= 4 is 24.8 Å². The molecule has 110 valence electrons. The monoisotopic (exact) mass is 316 g/mol. The third-order valence-corrected chi connectivity index (χ3v) is 3.17. The highest BCUT2D eigenvalue weighted by Gasteiger charge is 2.23. The van der Waals surface area contributed by atoms with E-state index in [2.05, 4.69) is 5.32 Å². The van der Waals surface area contributed by atoms with Crippen LogP contribution in [0.4, 0.5) is 13.2 Å². The predicted molar refractivity (Wildman–Crippen MR) is 73.7 cm³/mol. The standard InChI is InChI=1S/C12H15F3N2.2ClH/c1-8(17-4-2-16-3-5-17)10-6-9(13)7-11(14)12(10)15;;/h6-8,16H,2-5H2,1H3;2*1H/t8-;;/m1../s1. The van der Waals surface area contributed by atoms with Gasteiger partial charge in [0, 0.05) is 43.9 Å². The molecule has 1 aliphatic rings. The van der Waals surface area contributed by atoms with E-state index in [1.807, 2.05) is 4.90 Å². The number of nitrogens with one attached hydrogen (secondary N) is 1. The van der Waals surface area contributed by atoms with Gasteiger partial charge in [-0.25, -0.2) is 13.2 Å². The summed E-state index contributed by atoms with van der Waals surface area (Å²) in [5, 5.41) is 3.17. The normalized spacial score (nSPS) is 17.3. The molecule has 1 N–H and O–H groups in total. The number of nitrogens with zero attached hydrogens (tertiary/aromatic N) is 1. The van der Waals surface area contributed by atoms with Gasteiger partial charge in [0.05, 0.1) is 0 Å². The lowest BCUT2D eigenvalue weighted by molar-refractivity contribution is 0.181. The van der Waals surface area contributed by atoms with Gasteiger partial charge in [0.15, 0.2) is 11.6 Å². The highest BCUT2D eigenvalue weighted by molar-refractivity contribution is 5.85. The maximum Gasteiger partial charge on any atom is 0.163 e. The summed E-state index contributed by atoms with van der Waals surface area (Å²) >= 11 is 0. The number of rotatable bonds is 2. The van der Waals surface area contributed by atoms with Crippen molar-refractivity contribution in [2.45, 2.75) is 13.0 Å². The first kappa shape index (κ1) is 18.5. The molecule has 7 heteroatoms. The average molecular weight is 317 g/mol. The van der Waals surface area contributed by atoms with Gasteiger partial charge < -0.3 is 5.32 Å². The van der Waals surface area contributed by atoms with Crippen LogP contribution in [0.2, 0.25) is 0 Å². The molecule has 1 heterocycles. The Morgan fingerprint density at radius 3 is 2.26 bits per heavy atom. The average Bonchev–Trinajstić information content (AvgIpc) is 2.34. The summed E-state index contributed by atoms with van der Waals surface area (Å²) in [4.78, 5) is 2.01. The lowest BCUT2D eigenvalue weighted by Crippen LogP contribution is -2.44. The van der Waals surface area contributed by atoms with Gasteiger partial charge in [-0.2, -0.15) is 0 Å². The lowest BCUT2D eigenvalue weighted by atomic mass is 10.0. The van der Waals surface area contributed by atoms with Crippen LogP contribution in [0, 0.1) is 17.5 Å². The molecule has 2 nitrogen and oxygen atoms in total. The molecule has 0 aromatic heterocycles.